The Morgan fingerprint density at radius 2 is 1.84 bits per heavy atom. The lowest BCUT2D eigenvalue weighted by molar-refractivity contribution is 0.0950. The van der Waals surface area contributed by atoms with Crippen molar-refractivity contribution in [1.29, 1.82) is 0 Å². The lowest BCUT2D eigenvalue weighted by Gasteiger charge is -2.30. The van der Waals surface area contributed by atoms with E-state index in [0.717, 1.165) is 35.1 Å². The standard InChI is InChI=1S/C27H29N7O3/c1-16-10-17(2)12-20(11-16)26(35)29-13-18-5-7-19(8-6-18)23-22-24(28)30-15-31-25(22)34(32-23)21-4-3-9-33(14-21)27(36)37/h5-8,10-12,15,21H,3-4,9,13-14H2,1-2H3,(H,29,35)(H,36,37)(H2,28,30,31)/t21-/m1/s1. The van der Waals surface area contributed by atoms with E-state index in [4.69, 9.17) is 10.8 Å². The van der Waals surface area contributed by atoms with Crippen LogP contribution in [0.1, 0.15) is 45.9 Å². The Bertz CT molecular complexity index is 1460. The highest BCUT2D eigenvalue weighted by molar-refractivity contribution is 5.98. The maximum absolute atomic E-state index is 12.6. The van der Waals surface area contributed by atoms with E-state index in [1.165, 1.54) is 11.2 Å². The first-order valence-corrected chi connectivity index (χ1v) is 12.2. The van der Waals surface area contributed by atoms with Gasteiger partial charge in [-0.1, -0.05) is 41.5 Å². The van der Waals surface area contributed by atoms with Crippen molar-refractivity contribution in [2.75, 3.05) is 18.8 Å². The maximum atomic E-state index is 12.6. The topological polar surface area (TPSA) is 139 Å². The van der Waals surface area contributed by atoms with Crippen molar-refractivity contribution in [2.24, 2.45) is 0 Å². The van der Waals surface area contributed by atoms with E-state index < -0.39 is 6.09 Å². The number of carbonyl (C=O) groups is 2. The summed E-state index contributed by atoms with van der Waals surface area (Å²) in [6.07, 6.45) is 2.01. The number of aromatic nitrogens is 4. The van der Waals surface area contributed by atoms with Crippen LogP contribution in [0.25, 0.3) is 22.3 Å². The number of anilines is 1. The third-order valence-electron chi connectivity index (χ3n) is 6.70. The summed E-state index contributed by atoms with van der Waals surface area (Å²) in [4.78, 5) is 34.2. The number of hydrogen-bond acceptors (Lipinski definition) is 6. The van der Waals surface area contributed by atoms with Crippen LogP contribution in [0.15, 0.2) is 48.8 Å². The van der Waals surface area contributed by atoms with E-state index in [0.29, 0.717) is 47.7 Å². The Morgan fingerprint density at radius 1 is 1.11 bits per heavy atom. The van der Waals surface area contributed by atoms with Crippen molar-refractivity contribution in [1.82, 2.24) is 30.0 Å². The second-order valence-electron chi connectivity index (χ2n) is 9.53. The van der Waals surface area contributed by atoms with Gasteiger partial charge in [-0.3, -0.25) is 4.79 Å². The Labute approximate surface area is 214 Å². The van der Waals surface area contributed by atoms with Crippen LogP contribution in [0.3, 0.4) is 0 Å². The van der Waals surface area contributed by atoms with Gasteiger partial charge in [-0.05, 0) is 44.4 Å². The van der Waals surface area contributed by atoms with Gasteiger partial charge in [0, 0.05) is 30.8 Å². The Hall–Kier alpha value is -4.47. The van der Waals surface area contributed by atoms with Gasteiger partial charge in [-0.25, -0.2) is 19.4 Å². The molecule has 1 fully saturated rings. The van der Waals surface area contributed by atoms with Gasteiger partial charge < -0.3 is 21.1 Å². The van der Waals surface area contributed by atoms with Gasteiger partial charge in [-0.2, -0.15) is 5.10 Å². The summed E-state index contributed by atoms with van der Waals surface area (Å²) >= 11 is 0. The molecule has 1 aliphatic heterocycles. The molecule has 10 nitrogen and oxygen atoms in total. The number of benzene rings is 2. The first kappa shape index (κ1) is 24.2. The van der Waals surface area contributed by atoms with E-state index in [-0.39, 0.29) is 11.9 Å². The predicted molar refractivity (Wildman–Crippen MR) is 140 cm³/mol. The van der Waals surface area contributed by atoms with Gasteiger partial charge in [0.1, 0.15) is 17.8 Å². The van der Waals surface area contributed by atoms with Crippen LogP contribution in [-0.2, 0) is 6.54 Å². The minimum absolute atomic E-state index is 0.117. The minimum atomic E-state index is -0.935. The molecule has 0 bridgehead atoms. The molecular weight excluding hydrogens is 470 g/mol. The predicted octanol–water partition coefficient (Wildman–Crippen LogP) is 3.94. The normalized spacial score (nSPS) is 15.6. The molecule has 0 unspecified atom stereocenters. The Morgan fingerprint density at radius 3 is 2.54 bits per heavy atom. The molecule has 0 spiro atoms. The fourth-order valence-electron chi connectivity index (χ4n) is 4.95. The highest BCUT2D eigenvalue weighted by Gasteiger charge is 2.28. The molecular formula is C27H29N7O3. The number of nitrogens with zero attached hydrogens (tertiary/aromatic N) is 5. The summed E-state index contributed by atoms with van der Waals surface area (Å²) < 4.78 is 1.79. The van der Waals surface area contributed by atoms with Crippen LogP contribution < -0.4 is 11.1 Å². The number of piperidine rings is 1. The molecule has 5 rings (SSSR count). The van der Waals surface area contributed by atoms with Gasteiger partial charge in [-0.15, -0.1) is 0 Å². The van der Waals surface area contributed by atoms with E-state index in [2.05, 4.69) is 15.3 Å². The van der Waals surface area contributed by atoms with Crippen molar-refractivity contribution < 1.29 is 14.7 Å². The molecule has 37 heavy (non-hydrogen) atoms. The lowest BCUT2D eigenvalue weighted by atomic mass is 10.1. The molecule has 1 aliphatic rings. The van der Waals surface area contributed by atoms with Crippen molar-refractivity contribution in [2.45, 2.75) is 39.3 Å². The van der Waals surface area contributed by atoms with Crippen LogP contribution in [-0.4, -0.2) is 54.8 Å². The zero-order valence-electron chi connectivity index (χ0n) is 20.8. The summed E-state index contributed by atoms with van der Waals surface area (Å²) in [7, 11) is 0. The van der Waals surface area contributed by atoms with Crippen molar-refractivity contribution in [3.63, 3.8) is 0 Å². The quantitative estimate of drug-likeness (QED) is 0.378. The van der Waals surface area contributed by atoms with Crippen LogP contribution >= 0.6 is 0 Å². The van der Waals surface area contributed by atoms with Crippen molar-refractivity contribution in [3.8, 4) is 11.3 Å². The fourth-order valence-corrected chi connectivity index (χ4v) is 4.95. The Kier molecular flexibility index (Phi) is 6.47. The van der Waals surface area contributed by atoms with E-state index in [1.54, 1.807) is 4.68 Å². The van der Waals surface area contributed by atoms with Gasteiger partial charge in [0.15, 0.2) is 5.65 Å². The van der Waals surface area contributed by atoms with Gasteiger partial charge in [0.2, 0.25) is 0 Å². The molecule has 2 aromatic heterocycles. The summed E-state index contributed by atoms with van der Waals surface area (Å²) in [6, 6.07) is 13.4. The molecule has 190 valence electrons. The lowest BCUT2D eigenvalue weighted by Crippen LogP contribution is -2.40. The molecule has 4 aromatic rings. The molecule has 2 amide bonds. The minimum Gasteiger partial charge on any atom is -0.465 e. The molecule has 1 saturated heterocycles. The zero-order valence-corrected chi connectivity index (χ0v) is 20.8. The number of aryl methyl sites for hydroxylation is 2. The van der Waals surface area contributed by atoms with E-state index >= 15 is 0 Å². The first-order chi connectivity index (χ1) is 17.8. The number of carbonyl (C=O) groups excluding carboxylic acids is 1. The molecule has 4 N–H and O–H groups in total. The number of fused-ring (bicyclic) bond motifs is 1. The monoisotopic (exact) mass is 499 g/mol. The average molecular weight is 500 g/mol. The van der Waals surface area contributed by atoms with E-state index in [9.17, 15) is 14.7 Å². The SMILES string of the molecule is Cc1cc(C)cc(C(=O)NCc2ccc(-c3nn([C@@H]4CCCN(C(=O)O)C4)c4ncnc(N)c34)cc2)c1. The summed E-state index contributed by atoms with van der Waals surface area (Å²) in [6.45, 7) is 5.19. The summed E-state index contributed by atoms with van der Waals surface area (Å²) in [5.74, 6) is 0.204. The van der Waals surface area contributed by atoms with E-state index in [1.807, 2.05) is 56.3 Å². The molecule has 3 heterocycles. The second kappa shape index (κ2) is 9.88. The number of amides is 2. The average Bonchev–Trinajstić information content (AvgIpc) is 3.28. The number of hydrogen-bond donors (Lipinski definition) is 3. The molecule has 2 aromatic carbocycles. The van der Waals surface area contributed by atoms with Crippen molar-refractivity contribution in [3.05, 3.63) is 71.0 Å². The number of rotatable bonds is 5. The first-order valence-electron chi connectivity index (χ1n) is 12.2. The molecule has 0 aliphatic carbocycles. The number of nitrogens with two attached hydrogens (primary N) is 1. The van der Waals surface area contributed by atoms with Gasteiger partial charge in [0.05, 0.1) is 11.4 Å². The van der Waals surface area contributed by atoms with Crippen molar-refractivity contribution >= 4 is 28.9 Å². The number of likely N-dealkylation sites (tertiary alicyclic amines) is 1. The maximum Gasteiger partial charge on any atom is 0.407 e. The number of nitrogens with one attached hydrogen (secondary N) is 1. The van der Waals surface area contributed by atoms with Crippen LogP contribution in [0.2, 0.25) is 0 Å². The van der Waals surface area contributed by atoms with Crippen LogP contribution in [0, 0.1) is 13.8 Å². The second-order valence-corrected chi connectivity index (χ2v) is 9.53. The van der Waals surface area contributed by atoms with Crippen LogP contribution in [0.4, 0.5) is 10.6 Å². The Balaban J connectivity index is 1.39. The van der Waals surface area contributed by atoms with Crippen LogP contribution in [0.5, 0.6) is 0 Å². The third kappa shape index (κ3) is 4.95. The zero-order chi connectivity index (χ0) is 26.1. The highest BCUT2D eigenvalue weighted by Crippen LogP contribution is 2.33. The smallest absolute Gasteiger partial charge is 0.407 e. The third-order valence-corrected chi connectivity index (χ3v) is 6.70. The molecule has 10 heteroatoms. The molecule has 0 radical (unpaired) electrons. The molecule has 0 saturated carbocycles. The number of nitrogen functional groups attached to an aromatic ring is 1. The number of carboxylic acid groups (broad SMARTS) is 1. The highest BCUT2D eigenvalue weighted by atomic mass is 16.4. The van der Waals surface area contributed by atoms with Gasteiger partial charge >= 0.3 is 6.09 Å². The van der Waals surface area contributed by atoms with Gasteiger partial charge in [0.25, 0.3) is 5.91 Å². The summed E-state index contributed by atoms with van der Waals surface area (Å²) in [5, 5.41) is 17.9. The summed E-state index contributed by atoms with van der Waals surface area (Å²) in [5.41, 5.74) is 12.0. The molecule has 1 atom stereocenters. The largest absolute Gasteiger partial charge is 0.465 e. The fraction of sp³-hybridized carbons (Fsp3) is 0.296.